The average Bonchev–Trinajstić information content (AvgIpc) is 2.91. The fraction of sp³-hybridized carbons (Fsp3) is 0.417. The fourth-order valence-corrected chi connectivity index (χ4v) is 2.08. The topological polar surface area (TPSA) is 33.0 Å². The monoisotopic (exact) mass is 221 g/mol. The van der Waals surface area contributed by atoms with Gasteiger partial charge in [0, 0.05) is 6.42 Å². The van der Waals surface area contributed by atoms with Crippen LogP contribution in [0.2, 0.25) is 0 Å². The summed E-state index contributed by atoms with van der Waals surface area (Å²) in [5, 5.41) is 8.77. The second-order valence-electron chi connectivity index (χ2n) is 3.83. The summed E-state index contributed by atoms with van der Waals surface area (Å²) in [6, 6.07) is 9.22. The Balaban J connectivity index is 2.09. The molecule has 0 heterocycles. The molecular formula is C12H12ClNO. The summed E-state index contributed by atoms with van der Waals surface area (Å²) in [5.74, 6) is 0.791. The molecule has 2 atom stereocenters. The number of halogens is 1. The zero-order valence-electron chi connectivity index (χ0n) is 8.53. The molecule has 1 saturated carbocycles. The van der Waals surface area contributed by atoms with Gasteiger partial charge in [-0.3, -0.25) is 0 Å². The van der Waals surface area contributed by atoms with Crippen molar-refractivity contribution in [2.45, 2.75) is 30.7 Å². The van der Waals surface area contributed by atoms with Crippen LogP contribution in [0.25, 0.3) is 0 Å². The van der Waals surface area contributed by atoms with Crippen molar-refractivity contribution in [2.75, 3.05) is 0 Å². The van der Waals surface area contributed by atoms with E-state index >= 15 is 0 Å². The van der Waals surface area contributed by atoms with Crippen molar-refractivity contribution in [1.82, 2.24) is 0 Å². The van der Waals surface area contributed by atoms with Gasteiger partial charge in [-0.1, -0.05) is 6.92 Å². The smallest absolute Gasteiger partial charge is 0.127 e. The minimum absolute atomic E-state index is 0.123. The average molecular weight is 222 g/mol. The van der Waals surface area contributed by atoms with E-state index < -0.39 is 0 Å². The highest BCUT2D eigenvalue weighted by molar-refractivity contribution is 6.23. The highest BCUT2D eigenvalue weighted by atomic mass is 35.5. The summed E-state index contributed by atoms with van der Waals surface area (Å²) in [7, 11) is 0. The molecule has 0 saturated heterocycles. The van der Waals surface area contributed by atoms with Crippen LogP contribution in [0.4, 0.5) is 0 Å². The first-order valence-corrected chi connectivity index (χ1v) is 5.47. The summed E-state index contributed by atoms with van der Waals surface area (Å²) in [6.07, 6.45) is 1.83. The van der Waals surface area contributed by atoms with E-state index in [1.807, 2.05) is 12.1 Å². The lowest BCUT2D eigenvalue weighted by Gasteiger charge is -2.16. The molecule has 78 valence electrons. The van der Waals surface area contributed by atoms with Crippen molar-refractivity contribution < 1.29 is 4.74 Å². The van der Waals surface area contributed by atoms with Gasteiger partial charge in [-0.2, -0.15) is 5.26 Å². The molecule has 15 heavy (non-hydrogen) atoms. The SMILES string of the molecule is CCC1(Oc2ccc(C#N)cc2)CC1Cl. The lowest BCUT2D eigenvalue weighted by Crippen LogP contribution is -2.20. The number of nitrogens with zero attached hydrogens (tertiary/aromatic N) is 1. The van der Waals surface area contributed by atoms with Gasteiger partial charge in [0.1, 0.15) is 11.4 Å². The molecule has 0 amide bonds. The predicted molar refractivity (Wildman–Crippen MR) is 59.1 cm³/mol. The van der Waals surface area contributed by atoms with Crippen LogP contribution in [0, 0.1) is 11.3 Å². The molecule has 1 aromatic rings. The lowest BCUT2D eigenvalue weighted by molar-refractivity contribution is 0.175. The van der Waals surface area contributed by atoms with E-state index in [9.17, 15) is 0 Å². The van der Waals surface area contributed by atoms with Crippen LogP contribution >= 0.6 is 11.6 Å². The van der Waals surface area contributed by atoms with Crippen LogP contribution in [0.3, 0.4) is 0 Å². The van der Waals surface area contributed by atoms with Gasteiger partial charge in [0.2, 0.25) is 0 Å². The van der Waals surface area contributed by atoms with Crippen LogP contribution in [0.15, 0.2) is 24.3 Å². The lowest BCUT2D eigenvalue weighted by atomic mass is 10.2. The molecule has 2 nitrogen and oxygen atoms in total. The van der Waals surface area contributed by atoms with Crippen LogP contribution < -0.4 is 4.74 Å². The second kappa shape index (κ2) is 3.75. The van der Waals surface area contributed by atoms with Gasteiger partial charge in [-0.25, -0.2) is 0 Å². The van der Waals surface area contributed by atoms with Gasteiger partial charge in [-0.15, -0.1) is 11.6 Å². The number of benzene rings is 1. The number of ether oxygens (including phenoxy) is 1. The van der Waals surface area contributed by atoms with E-state index in [-0.39, 0.29) is 11.0 Å². The second-order valence-corrected chi connectivity index (χ2v) is 4.36. The van der Waals surface area contributed by atoms with E-state index in [1.165, 1.54) is 0 Å². The summed E-state index contributed by atoms with van der Waals surface area (Å²) < 4.78 is 5.83. The highest BCUT2D eigenvalue weighted by Gasteiger charge is 2.54. The van der Waals surface area contributed by atoms with Gasteiger partial charge in [-0.05, 0) is 30.7 Å². The largest absolute Gasteiger partial charge is 0.486 e. The molecule has 1 aromatic carbocycles. The number of nitriles is 1. The molecule has 1 aliphatic carbocycles. The predicted octanol–water partition coefficient (Wildman–Crippen LogP) is 3.10. The normalized spacial score (nSPS) is 28.2. The van der Waals surface area contributed by atoms with Gasteiger partial charge in [0.05, 0.1) is 17.0 Å². The summed E-state index contributed by atoms with van der Waals surface area (Å²) in [4.78, 5) is 0. The van der Waals surface area contributed by atoms with Gasteiger partial charge in [0.15, 0.2) is 0 Å². The molecule has 3 heteroatoms. The maximum Gasteiger partial charge on any atom is 0.127 e. The first-order valence-electron chi connectivity index (χ1n) is 5.03. The standard InChI is InChI=1S/C12H12ClNO/c1-2-12(7-11(12)13)15-10-5-3-9(8-14)4-6-10/h3-6,11H,2,7H2,1H3. The maximum atomic E-state index is 8.65. The van der Waals surface area contributed by atoms with Crippen molar-refractivity contribution in [3.8, 4) is 11.8 Å². The Labute approximate surface area is 94.4 Å². The van der Waals surface area contributed by atoms with Crippen LogP contribution in [-0.4, -0.2) is 11.0 Å². The van der Waals surface area contributed by atoms with Crippen molar-refractivity contribution in [3.63, 3.8) is 0 Å². The Hall–Kier alpha value is -1.20. The van der Waals surface area contributed by atoms with Crippen LogP contribution in [-0.2, 0) is 0 Å². The Bertz CT molecular complexity index is 391. The third-order valence-electron chi connectivity index (χ3n) is 2.84. The molecule has 0 aliphatic heterocycles. The van der Waals surface area contributed by atoms with Gasteiger partial charge < -0.3 is 4.74 Å². The number of hydrogen-bond acceptors (Lipinski definition) is 2. The van der Waals surface area contributed by atoms with Crippen molar-refractivity contribution in [2.24, 2.45) is 0 Å². The fourth-order valence-electron chi connectivity index (χ4n) is 1.62. The van der Waals surface area contributed by atoms with E-state index in [1.54, 1.807) is 12.1 Å². The van der Waals surface area contributed by atoms with E-state index in [4.69, 9.17) is 21.6 Å². The molecule has 1 aliphatic rings. The Kier molecular flexibility index (Phi) is 2.58. The molecule has 2 unspecified atom stereocenters. The Morgan fingerprint density at radius 1 is 1.53 bits per heavy atom. The minimum atomic E-state index is -0.171. The number of alkyl halides is 1. The quantitative estimate of drug-likeness (QED) is 0.735. The van der Waals surface area contributed by atoms with Crippen molar-refractivity contribution in [3.05, 3.63) is 29.8 Å². The zero-order valence-corrected chi connectivity index (χ0v) is 9.29. The summed E-state index contributed by atoms with van der Waals surface area (Å²) >= 11 is 6.04. The molecule has 0 bridgehead atoms. The molecule has 1 fully saturated rings. The molecular weight excluding hydrogens is 210 g/mol. The van der Waals surface area contributed by atoms with Gasteiger partial charge in [0.25, 0.3) is 0 Å². The zero-order chi connectivity index (χ0) is 10.9. The number of hydrogen-bond donors (Lipinski definition) is 0. The Morgan fingerprint density at radius 3 is 2.53 bits per heavy atom. The number of rotatable bonds is 3. The summed E-state index contributed by atoms with van der Waals surface area (Å²) in [6.45, 7) is 2.08. The Morgan fingerprint density at radius 2 is 2.13 bits per heavy atom. The first kappa shape index (κ1) is 10.3. The molecule has 0 aromatic heterocycles. The summed E-state index contributed by atoms with van der Waals surface area (Å²) in [5.41, 5.74) is 0.474. The van der Waals surface area contributed by atoms with Crippen LogP contribution in [0.1, 0.15) is 25.3 Å². The van der Waals surface area contributed by atoms with Crippen LogP contribution in [0.5, 0.6) is 5.75 Å². The minimum Gasteiger partial charge on any atom is -0.486 e. The molecule has 2 rings (SSSR count). The van der Waals surface area contributed by atoms with Gasteiger partial charge >= 0.3 is 0 Å². The van der Waals surface area contributed by atoms with E-state index in [0.29, 0.717) is 5.56 Å². The maximum absolute atomic E-state index is 8.65. The van der Waals surface area contributed by atoms with E-state index in [0.717, 1.165) is 18.6 Å². The van der Waals surface area contributed by atoms with Crippen molar-refractivity contribution >= 4 is 11.6 Å². The van der Waals surface area contributed by atoms with E-state index in [2.05, 4.69) is 13.0 Å². The third kappa shape index (κ3) is 1.93. The van der Waals surface area contributed by atoms with Crippen molar-refractivity contribution in [1.29, 1.82) is 5.26 Å². The first-order chi connectivity index (χ1) is 7.20. The molecule has 0 radical (unpaired) electrons. The highest BCUT2D eigenvalue weighted by Crippen LogP contribution is 2.47. The third-order valence-corrected chi connectivity index (χ3v) is 3.39. The molecule has 0 N–H and O–H groups in total. The molecule has 0 spiro atoms.